The molecule has 1 fully saturated rings. The van der Waals surface area contributed by atoms with Crippen molar-refractivity contribution in [1.29, 1.82) is 0 Å². The topological polar surface area (TPSA) is 25.8 Å². The molecule has 8 rings (SSSR count). The van der Waals surface area contributed by atoms with Gasteiger partial charge >= 0.3 is 0 Å². The summed E-state index contributed by atoms with van der Waals surface area (Å²) in [6, 6.07) is 44.8. The van der Waals surface area contributed by atoms with Crippen molar-refractivity contribution in [2.45, 2.75) is 37.5 Å². The maximum absolute atomic E-state index is 6.62. The highest BCUT2D eigenvalue weighted by Gasteiger charge is 2.43. The van der Waals surface area contributed by atoms with Crippen LogP contribution >= 0.6 is 11.6 Å². The van der Waals surface area contributed by atoms with E-state index in [0.717, 1.165) is 50.1 Å². The standard InChI is InChI=1S/C40H31ClN2/c41-31-20-22-35-33(26-31)32-25-30(19-21-34(32)40(35)23-11-4-12-24-40)39-38(29-17-9-3-10-18-29)42-36(27-13-5-1-6-14-27)37(43-39)28-15-7-2-8-16-28/h1-3,5-10,13-22,25-26H,4,11-12,23-24H2. The van der Waals surface area contributed by atoms with Crippen molar-refractivity contribution in [1.82, 2.24) is 9.97 Å². The smallest absolute Gasteiger partial charge is 0.0973 e. The second kappa shape index (κ2) is 10.6. The summed E-state index contributed by atoms with van der Waals surface area (Å²) in [5, 5.41) is 0.784. The van der Waals surface area contributed by atoms with E-state index >= 15 is 0 Å². The maximum Gasteiger partial charge on any atom is 0.0973 e. The number of rotatable bonds is 4. The van der Waals surface area contributed by atoms with Gasteiger partial charge in [-0.25, -0.2) is 9.97 Å². The van der Waals surface area contributed by atoms with E-state index in [4.69, 9.17) is 21.6 Å². The fourth-order valence-electron chi connectivity index (χ4n) is 7.36. The van der Waals surface area contributed by atoms with E-state index in [9.17, 15) is 0 Å². The van der Waals surface area contributed by atoms with E-state index < -0.39 is 0 Å². The van der Waals surface area contributed by atoms with Gasteiger partial charge in [0.1, 0.15) is 0 Å². The Kier molecular flexibility index (Phi) is 6.46. The Morgan fingerprint density at radius 2 is 0.884 bits per heavy atom. The van der Waals surface area contributed by atoms with Crippen molar-refractivity contribution < 1.29 is 0 Å². The minimum absolute atomic E-state index is 0.0757. The first kappa shape index (κ1) is 26.1. The molecule has 0 radical (unpaired) electrons. The first-order valence-corrected chi connectivity index (χ1v) is 15.6. The molecule has 0 aliphatic heterocycles. The monoisotopic (exact) mass is 574 g/mol. The molecular formula is C40H31ClN2. The second-order valence-corrected chi connectivity index (χ2v) is 12.2. The normalized spacial score (nSPS) is 14.8. The summed E-state index contributed by atoms with van der Waals surface area (Å²) in [6.45, 7) is 0. The zero-order valence-electron chi connectivity index (χ0n) is 23.9. The Morgan fingerprint density at radius 1 is 0.442 bits per heavy atom. The third kappa shape index (κ3) is 4.40. The van der Waals surface area contributed by atoms with Crippen molar-refractivity contribution in [3.05, 3.63) is 144 Å². The van der Waals surface area contributed by atoms with Crippen LogP contribution in [0.2, 0.25) is 5.02 Å². The second-order valence-electron chi connectivity index (χ2n) is 11.8. The molecule has 0 atom stereocenters. The van der Waals surface area contributed by atoms with Gasteiger partial charge in [-0.1, -0.05) is 140 Å². The Labute approximate surface area is 258 Å². The molecule has 6 aromatic rings. The number of fused-ring (bicyclic) bond motifs is 5. The van der Waals surface area contributed by atoms with E-state index in [1.54, 1.807) is 0 Å². The molecule has 5 aromatic carbocycles. The summed E-state index contributed by atoms with van der Waals surface area (Å²) < 4.78 is 0. The fraction of sp³-hybridized carbons (Fsp3) is 0.150. The molecule has 0 saturated heterocycles. The summed E-state index contributed by atoms with van der Waals surface area (Å²) in [5.41, 5.74) is 13.3. The molecule has 2 aliphatic carbocycles. The molecule has 1 saturated carbocycles. The lowest BCUT2D eigenvalue weighted by molar-refractivity contribution is 0.353. The maximum atomic E-state index is 6.62. The fourth-order valence-corrected chi connectivity index (χ4v) is 7.53. The summed E-state index contributed by atoms with van der Waals surface area (Å²) >= 11 is 6.62. The highest BCUT2D eigenvalue weighted by atomic mass is 35.5. The molecule has 208 valence electrons. The van der Waals surface area contributed by atoms with Gasteiger partial charge in [0.15, 0.2) is 0 Å². The number of nitrogens with zero attached hydrogens (tertiary/aromatic N) is 2. The van der Waals surface area contributed by atoms with Crippen molar-refractivity contribution in [3.63, 3.8) is 0 Å². The number of hydrogen-bond donors (Lipinski definition) is 0. The van der Waals surface area contributed by atoms with Crippen molar-refractivity contribution in [2.75, 3.05) is 0 Å². The van der Waals surface area contributed by atoms with Gasteiger partial charge in [-0.15, -0.1) is 0 Å². The molecule has 0 amide bonds. The number of benzene rings is 5. The van der Waals surface area contributed by atoms with Gasteiger partial charge in [0.05, 0.1) is 22.8 Å². The molecule has 1 heterocycles. The lowest BCUT2D eigenvalue weighted by atomic mass is 9.68. The average Bonchev–Trinajstić information content (AvgIpc) is 3.33. The molecular weight excluding hydrogens is 544 g/mol. The van der Waals surface area contributed by atoms with Gasteiger partial charge in [0.25, 0.3) is 0 Å². The van der Waals surface area contributed by atoms with Crippen LogP contribution in [0.1, 0.15) is 43.2 Å². The van der Waals surface area contributed by atoms with Gasteiger partial charge in [0, 0.05) is 32.7 Å². The lowest BCUT2D eigenvalue weighted by Crippen LogP contribution is -2.27. The third-order valence-corrected chi connectivity index (χ3v) is 9.58. The predicted molar refractivity (Wildman–Crippen MR) is 178 cm³/mol. The van der Waals surface area contributed by atoms with Crippen LogP contribution in [0.4, 0.5) is 0 Å². The van der Waals surface area contributed by atoms with Crippen molar-refractivity contribution in [2.24, 2.45) is 0 Å². The summed E-state index contributed by atoms with van der Waals surface area (Å²) in [6.07, 6.45) is 6.20. The van der Waals surface area contributed by atoms with Gasteiger partial charge in [0.2, 0.25) is 0 Å². The van der Waals surface area contributed by atoms with E-state index in [1.165, 1.54) is 54.4 Å². The Bertz CT molecular complexity index is 1940. The molecule has 0 unspecified atom stereocenters. The molecule has 3 heteroatoms. The molecule has 2 aliphatic rings. The van der Waals surface area contributed by atoms with Crippen LogP contribution in [0.25, 0.3) is 56.2 Å². The Morgan fingerprint density at radius 3 is 1.40 bits per heavy atom. The average molecular weight is 575 g/mol. The zero-order chi connectivity index (χ0) is 28.8. The highest BCUT2D eigenvalue weighted by molar-refractivity contribution is 6.31. The molecule has 0 bridgehead atoms. The van der Waals surface area contributed by atoms with Crippen LogP contribution < -0.4 is 0 Å². The Balaban J connectivity index is 1.40. The van der Waals surface area contributed by atoms with E-state index in [0.29, 0.717) is 0 Å². The predicted octanol–water partition coefficient (Wildman–Crippen LogP) is 11.0. The molecule has 1 spiro atoms. The molecule has 1 aromatic heterocycles. The van der Waals surface area contributed by atoms with E-state index in [-0.39, 0.29) is 5.41 Å². The van der Waals surface area contributed by atoms with Crippen LogP contribution in [-0.2, 0) is 5.41 Å². The van der Waals surface area contributed by atoms with Crippen LogP contribution in [0.3, 0.4) is 0 Å². The van der Waals surface area contributed by atoms with Crippen LogP contribution in [-0.4, -0.2) is 9.97 Å². The molecule has 43 heavy (non-hydrogen) atoms. The summed E-state index contributed by atoms with van der Waals surface area (Å²) in [5.74, 6) is 0. The van der Waals surface area contributed by atoms with Gasteiger partial charge in [-0.3, -0.25) is 0 Å². The largest absolute Gasteiger partial charge is 0.243 e. The molecule has 2 nitrogen and oxygen atoms in total. The highest BCUT2D eigenvalue weighted by Crippen LogP contribution is 2.57. The molecule has 0 N–H and O–H groups in total. The number of halogens is 1. The third-order valence-electron chi connectivity index (χ3n) is 9.34. The van der Waals surface area contributed by atoms with Crippen LogP contribution in [0, 0.1) is 0 Å². The van der Waals surface area contributed by atoms with Crippen LogP contribution in [0.5, 0.6) is 0 Å². The van der Waals surface area contributed by atoms with Crippen molar-refractivity contribution >= 4 is 11.6 Å². The SMILES string of the molecule is Clc1ccc2c(c1)-c1cc(-c3nc(-c4ccccc4)c(-c4ccccc4)nc3-c3ccccc3)ccc1C21CCCCC1. The zero-order valence-corrected chi connectivity index (χ0v) is 24.7. The van der Waals surface area contributed by atoms with Crippen LogP contribution in [0.15, 0.2) is 127 Å². The first-order chi connectivity index (χ1) is 21.2. The lowest BCUT2D eigenvalue weighted by Gasteiger charge is -2.36. The summed E-state index contributed by atoms with van der Waals surface area (Å²) in [7, 11) is 0. The minimum atomic E-state index is 0.0757. The number of hydrogen-bond acceptors (Lipinski definition) is 2. The van der Waals surface area contributed by atoms with E-state index in [1.807, 2.05) is 18.2 Å². The van der Waals surface area contributed by atoms with Gasteiger partial charge in [-0.2, -0.15) is 0 Å². The first-order valence-electron chi connectivity index (χ1n) is 15.2. The summed E-state index contributed by atoms with van der Waals surface area (Å²) in [4.78, 5) is 10.9. The van der Waals surface area contributed by atoms with E-state index in [2.05, 4.69) is 109 Å². The van der Waals surface area contributed by atoms with Crippen molar-refractivity contribution in [3.8, 4) is 56.2 Å². The number of aromatic nitrogens is 2. The minimum Gasteiger partial charge on any atom is -0.243 e. The Hall–Kier alpha value is -4.53. The van der Waals surface area contributed by atoms with Gasteiger partial charge in [-0.05, 0) is 53.3 Å². The van der Waals surface area contributed by atoms with Gasteiger partial charge < -0.3 is 0 Å². The quantitative estimate of drug-likeness (QED) is 0.209.